The van der Waals surface area contributed by atoms with Gasteiger partial charge in [-0.1, -0.05) is 17.7 Å². The smallest absolute Gasteiger partial charge is 0.319 e. The Bertz CT molecular complexity index is 637. The SMILES string of the molecule is COC(CNC(=O)Nc1cc(C)cc(C)c1)c1ccc(Cl)s1. The van der Waals surface area contributed by atoms with Crippen molar-refractivity contribution in [3.8, 4) is 0 Å². The van der Waals surface area contributed by atoms with Crippen LogP contribution in [0.15, 0.2) is 30.3 Å². The van der Waals surface area contributed by atoms with Gasteiger partial charge in [-0.05, 0) is 49.2 Å². The Labute approximate surface area is 139 Å². The van der Waals surface area contributed by atoms with Crippen molar-refractivity contribution < 1.29 is 9.53 Å². The predicted octanol–water partition coefficient (Wildman–Crippen LogP) is 4.53. The average Bonchev–Trinajstić information content (AvgIpc) is 2.85. The minimum atomic E-state index is -0.255. The number of aryl methyl sites for hydroxylation is 2. The van der Waals surface area contributed by atoms with E-state index in [0.717, 1.165) is 21.7 Å². The van der Waals surface area contributed by atoms with Crippen LogP contribution in [0.4, 0.5) is 10.5 Å². The van der Waals surface area contributed by atoms with Crippen molar-refractivity contribution in [3.63, 3.8) is 0 Å². The van der Waals surface area contributed by atoms with Crippen LogP contribution in [0.25, 0.3) is 0 Å². The monoisotopic (exact) mass is 338 g/mol. The number of amides is 2. The lowest BCUT2D eigenvalue weighted by molar-refractivity contribution is 0.107. The van der Waals surface area contributed by atoms with Gasteiger partial charge >= 0.3 is 6.03 Å². The second-order valence-electron chi connectivity index (χ2n) is 5.08. The maximum Gasteiger partial charge on any atom is 0.319 e. The molecule has 2 amide bonds. The third-order valence-corrected chi connectivity index (χ3v) is 4.45. The molecule has 4 nitrogen and oxygen atoms in total. The van der Waals surface area contributed by atoms with Gasteiger partial charge in [-0.2, -0.15) is 0 Å². The summed E-state index contributed by atoms with van der Waals surface area (Å²) in [5.74, 6) is 0. The third kappa shape index (κ3) is 4.73. The Morgan fingerprint density at radius 3 is 2.50 bits per heavy atom. The minimum absolute atomic E-state index is 0.206. The molecule has 1 aromatic carbocycles. The maximum absolute atomic E-state index is 12.0. The van der Waals surface area contributed by atoms with E-state index in [4.69, 9.17) is 16.3 Å². The summed E-state index contributed by atoms with van der Waals surface area (Å²) < 4.78 is 6.10. The molecule has 0 radical (unpaired) electrons. The lowest BCUT2D eigenvalue weighted by Gasteiger charge is -2.15. The number of halogens is 1. The van der Waals surface area contributed by atoms with Crippen LogP contribution in [0.5, 0.6) is 0 Å². The number of nitrogens with one attached hydrogen (secondary N) is 2. The predicted molar refractivity (Wildman–Crippen MR) is 92.0 cm³/mol. The number of urea groups is 1. The first-order valence-corrected chi connectivity index (χ1v) is 8.08. The van der Waals surface area contributed by atoms with Crippen LogP contribution in [-0.4, -0.2) is 19.7 Å². The van der Waals surface area contributed by atoms with Gasteiger partial charge in [0.2, 0.25) is 0 Å². The van der Waals surface area contributed by atoms with E-state index in [1.54, 1.807) is 7.11 Å². The van der Waals surface area contributed by atoms with Gasteiger partial charge in [-0.25, -0.2) is 4.79 Å². The Morgan fingerprint density at radius 2 is 1.95 bits per heavy atom. The van der Waals surface area contributed by atoms with Crippen LogP contribution in [0.1, 0.15) is 22.1 Å². The first kappa shape index (κ1) is 16.8. The lowest BCUT2D eigenvalue weighted by Crippen LogP contribution is -2.32. The number of rotatable bonds is 5. The fourth-order valence-electron chi connectivity index (χ4n) is 2.21. The molecule has 6 heteroatoms. The van der Waals surface area contributed by atoms with E-state index >= 15 is 0 Å². The second kappa shape index (κ2) is 7.63. The molecule has 1 unspecified atom stereocenters. The van der Waals surface area contributed by atoms with E-state index < -0.39 is 0 Å². The summed E-state index contributed by atoms with van der Waals surface area (Å²) in [5.41, 5.74) is 3.00. The van der Waals surface area contributed by atoms with Crippen molar-refractivity contribution >= 4 is 34.7 Å². The number of carbonyl (C=O) groups excluding carboxylic acids is 1. The van der Waals surface area contributed by atoms with E-state index in [2.05, 4.69) is 16.7 Å². The number of thiophene rings is 1. The number of methoxy groups -OCH3 is 1. The Balaban J connectivity index is 1.91. The average molecular weight is 339 g/mol. The van der Waals surface area contributed by atoms with Gasteiger partial charge in [0.25, 0.3) is 0 Å². The number of ether oxygens (including phenoxy) is 1. The fourth-order valence-corrected chi connectivity index (χ4v) is 3.35. The zero-order valence-electron chi connectivity index (χ0n) is 12.8. The molecule has 0 aliphatic rings. The summed E-state index contributed by atoms with van der Waals surface area (Å²) >= 11 is 7.37. The molecular formula is C16H19ClN2O2S. The molecule has 1 atom stereocenters. The van der Waals surface area contributed by atoms with E-state index in [1.165, 1.54) is 11.3 Å². The molecule has 1 aromatic heterocycles. The van der Waals surface area contributed by atoms with Crippen molar-refractivity contribution in [2.24, 2.45) is 0 Å². The molecule has 118 valence electrons. The normalized spacial score (nSPS) is 12.0. The first-order chi connectivity index (χ1) is 10.5. The van der Waals surface area contributed by atoms with Crippen LogP contribution in [0, 0.1) is 13.8 Å². The molecule has 0 aliphatic heterocycles. The van der Waals surface area contributed by atoms with Gasteiger partial charge in [0, 0.05) is 17.7 Å². The largest absolute Gasteiger partial charge is 0.374 e. The van der Waals surface area contributed by atoms with Gasteiger partial charge < -0.3 is 15.4 Å². The van der Waals surface area contributed by atoms with Crippen molar-refractivity contribution in [2.75, 3.05) is 19.0 Å². The number of benzene rings is 1. The van der Waals surface area contributed by atoms with Gasteiger partial charge in [-0.15, -0.1) is 11.3 Å². The molecule has 0 bridgehead atoms. The topological polar surface area (TPSA) is 50.4 Å². The van der Waals surface area contributed by atoms with E-state index in [9.17, 15) is 4.79 Å². The number of hydrogen-bond acceptors (Lipinski definition) is 3. The first-order valence-electron chi connectivity index (χ1n) is 6.89. The van der Waals surface area contributed by atoms with Gasteiger partial charge in [0.15, 0.2) is 0 Å². The maximum atomic E-state index is 12.0. The number of anilines is 1. The zero-order valence-corrected chi connectivity index (χ0v) is 14.3. The highest BCUT2D eigenvalue weighted by Crippen LogP contribution is 2.28. The molecule has 0 saturated carbocycles. The van der Waals surface area contributed by atoms with E-state index in [-0.39, 0.29) is 12.1 Å². The minimum Gasteiger partial charge on any atom is -0.374 e. The lowest BCUT2D eigenvalue weighted by atomic mass is 10.1. The number of carbonyl (C=O) groups is 1. The van der Waals surface area contributed by atoms with Crippen LogP contribution < -0.4 is 10.6 Å². The molecule has 0 saturated heterocycles. The molecule has 2 rings (SSSR count). The fraction of sp³-hybridized carbons (Fsp3) is 0.312. The highest BCUT2D eigenvalue weighted by Gasteiger charge is 2.14. The summed E-state index contributed by atoms with van der Waals surface area (Å²) in [5, 5.41) is 5.65. The molecule has 2 aromatic rings. The summed E-state index contributed by atoms with van der Waals surface area (Å²) in [6.07, 6.45) is -0.206. The zero-order chi connectivity index (χ0) is 16.1. The van der Waals surface area contributed by atoms with Gasteiger partial charge in [-0.3, -0.25) is 0 Å². The van der Waals surface area contributed by atoms with Crippen molar-refractivity contribution in [2.45, 2.75) is 20.0 Å². The molecule has 22 heavy (non-hydrogen) atoms. The summed E-state index contributed by atoms with van der Waals surface area (Å²) in [7, 11) is 1.61. The van der Waals surface area contributed by atoms with Gasteiger partial charge in [0.05, 0.1) is 10.9 Å². The molecule has 2 N–H and O–H groups in total. The third-order valence-electron chi connectivity index (χ3n) is 3.12. The van der Waals surface area contributed by atoms with Crippen LogP contribution >= 0.6 is 22.9 Å². The van der Waals surface area contributed by atoms with Crippen molar-refractivity contribution in [3.05, 3.63) is 50.7 Å². The van der Waals surface area contributed by atoms with Crippen molar-refractivity contribution in [1.29, 1.82) is 0 Å². The second-order valence-corrected chi connectivity index (χ2v) is 6.82. The number of hydrogen-bond donors (Lipinski definition) is 2. The van der Waals surface area contributed by atoms with E-state index in [0.29, 0.717) is 10.9 Å². The summed E-state index contributed by atoms with van der Waals surface area (Å²) in [6, 6.07) is 9.40. The summed E-state index contributed by atoms with van der Waals surface area (Å²) in [4.78, 5) is 13.0. The quantitative estimate of drug-likeness (QED) is 0.841. The van der Waals surface area contributed by atoms with Crippen LogP contribution in [0.2, 0.25) is 4.34 Å². The van der Waals surface area contributed by atoms with Crippen LogP contribution in [0.3, 0.4) is 0 Å². The van der Waals surface area contributed by atoms with E-state index in [1.807, 2.05) is 38.1 Å². The van der Waals surface area contributed by atoms with Gasteiger partial charge in [0.1, 0.15) is 6.10 Å². The van der Waals surface area contributed by atoms with Crippen LogP contribution in [-0.2, 0) is 4.74 Å². The Morgan fingerprint density at radius 1 is 1.27 bits per heavy atom. The molecule has 0 spiro atoms. The highest BCUT2D eigenvalue weighted by molar-refractivity contribution is 7.16. The highest BCUT2D eigenvalue weighted by atomic mass is 35.5. The summed E-state index contributed by atoms with van der Waals surface area (Å²) in [6.45, 7) is 4.37. The molecule has 0 fully saturated rings. The Hall–Kier alpha value is -1.56. The molecule has 0 aliphatic carbocycles. The van der Waals surface area contributed by atoms with Crippen molar-refractivity contribution in [1.82, 2.24) is 5.32 Å². The molecular weight excluding hydrogens is 320 g/mol. The molecule has 1 heterocycles. The Kier molecular flexibility index (Phi) is 5.83. The standard InChI is InChI=1S/C16H19ClN2O2S/c1-10-6-11(2)8-12(7-10)19-16(20)18-9-13(21-3)14-4-5-15(17)22-14/h4-8,13H,9H2,1-3H3,(H2,18,19,20).